The summed E-state index contributed by atoms with van der Waals surface area (Å²) < 4.78 is 5.81. The first-order valence-electron chi connectivity index (χ1n) is 9.44. The maximum atomic E-state index is 12.6. The van der Waals surface area contributed by atoms with Gasteiger partial charge in [-0.15, -0.1) is 0 Å². The standard InChI is InChI=1S/C20H30N2O2/c1-17-8-2-3-10-19(17)24-15-7-11-20(23)22-14-6-9-18(22)16-21-12-4-5-13-21/h2-3,8,10,18H,4-7,9,11-16H2,1H3. The first kappa shape index (κ1) is 17.3. The van der Waals surface area contributed by atoms with Crippen LogP contribution in [0.25, 0.3) is 0 Å². The van der Waals surface area contributed by atoms with Gasteiger partial charge in [0, 0.05) is 25.6 Å². The Bertz CT molecular complexity index is 540. The normalized spacial score (nSPS) is 21.4. The molecule has 0 spiro atoms. The van der Waals surface area contributed by atoms with Crippen molar-refractivity contribution in [1.29, 1.82) is 0 Å². The molecule has 3 rings (SSSR count). The van der Waals surface area contributed by atoms with Crippen LogP contribution in [-0.2, 0) is 4.79 Å². The lowest BCUT2D eigenvalue weighted by Gasteiger charge is -2.28. The Balaban J connectivity index is 1.40. The van der Waals surface area contributed by atoms with Crippen LogP contribution >= 0.6 is 0 Å². The highest BCUT2D eigenvalue weighted by Crippen LogP contribution is 2.22. The molecule has 2 saturated heterocycles. The van der Waals surface area contributed by atoms with E-state index in [1.54, 1.807) is 0 Å². The molecule has 132 valence electrons. The number of hydrogen-bond donors (Lipinski definition) is 0. The highest BCUT2D eigenvalue weighted by Gasteiger charge is 2.30. The van der Waals surface area contributed by atoms with Gasteiger partial charge in [0.15, 0.2) is 0 Å². The zero-order valence-electron chi connectivity index (χ0n) is 14.9. The molecule has 24 heavy (non-hydrogen) atoms. The minimum absolute atomic E-state index is 0.310. The quantitative estimate of drug-likeness (QED) is 0.720. The van der Waals surface area contributed by atoms with E-state index in [0.29, 0.717) is 25.0 Å². The molecule has 0 aliphatic carbocycles. The molecule has 1 amide bonds. The van der Waals surface area contributed by atoms with Crippen LogP contribution in [0.4, 0.5) is 0 Å². The van der Waals surface area contributed by atoms with Gasteiger partial charge in [-0.2, -0.15) is 0 Å². The second-order valence-electron chi connectivity index (χ2n) is 7.11. The number of hydrogen-bond acceptors (Lipinski definition) is 3. The second kappa shape index (κ2) is 8.52. The van der Waals surface area contributed by atoms with Crippen molar-refractivity contribution in [3.05, 3.63) is 29.8 Å². The molecule has 2 aliphatic heterocycles. The fraction of sp³-hybridized carbons (Fsp3) is 0.650. The van der Waals surface area contributed by atoms with Crippen LogP contribution in [0.2, 0.25) is 0 Å². The molecule has 0 bridgehead atoms. The zero-order valence-corrected chi connectivity index (χ0v) is 14.9. The average Bonchev–Trinajstić information content (AvgIpc) is 3.25. The topological polar surface area (TPSA) is 32.8 Å². The SMILES string of the molecule is Cc1ccccc1OCCCC(=O)N1CCCC1CN1CCCC1. The molecule has 0 N–H and O–H groups in total. The van der Waals surface area contributed by atoms with Gasteiger partial charge in [0.25, 0.3) is 0 Å². The Morgan fingerprint density at radius 1 is 1.17 bits per heavy atom. The lowest BCUT2D eigenvalue weighted by molar-refractivity contribution is -0.132. The highest BCUT2D eigenvalue weighted by molar-refractivity contribution is 5.76. The summed E-state index contributed by atoms with van der Waals surface area (Å²) in [5.41, 5.74) is 1.15. The summed E-state index contributed by atoms with van der Waals surface area (Å²) in [6, 6.07) is 8.48. The van der Waals surface area contributed by atoms with Crippen LogP contribution in [0.15, 0.2) is 24.3 Å². The van der Waals surface area contributed by atoms with Crippen LogP contribution in [0.5, 0.6) is 5.75 Å². The van der Waals surface area contributed by atoms with Gasteiger partial charge in [0.1, 0.15) is 5.75 Å². The number of aryl methyl sites for hydroxylation is 1. The van der Waals surface area contributed by atoms with E-state index < -0.39 is 0 Å². The fourth-order valence-electron chi connectivity index (χ4n) is 3.88. The van der Waals surface area contributed by atoms with Gasteiger partial charge in [0.2, 0.25) is 5.91 Å². The Morgan fingerprint density at radius 2 is 1.96 bits per heavy atom. The average molecular weight is 330 g/mol. The maximum absolute atomic E-state index is 12.6. The third-order valence-corrected chi connectivity index (χ3v) is 5.25. The molecule has 0 saturated carbocycles. The van der Waals surface area contributed by atoms with Crippen molar-refractivity contribution >= 4 is 5.91 Å². The number of ether oxygens (including phenoxy) is 1. The summed E-state index contributed by atoms with van der Waals surface area (Å²) in [4.78, 5) is 17.2. The van der Waals surface area contributed by atoms with Gasteiger partial charge in [-0.1, -0.05) is 18.2 Å². The molecule has 2 heterocycles. The monoisotopic (exact) mass is 330 g/mol. The third kappa shape index (κ3) is 4.50. The second-order valence-corrected chi connectivity index (χ2v) is 7.11. The smallest absolute Gasteiger partial charge is 0.222 e. The largest absolute Gasteiger partial charge is 0.493 e. The molecular weight excluding hydrogens is 300 g/mol. The van der Waals surface area contributed by atoms with Gasteiger partial charge in [-0.3, -0.25) is 4.79 Å². The summed E-state index contributed by atoms with van der Waals surface area (Å²) in [6.45, 7) is 7.10. The van der Waals surface area contributed by atoms with E-state index in [2.05, 4.69) is 9.80 Å². The number of carbonyl (C=O) groups is 1. The minimum Gasteiger partial charge on any atom is -0.493 e. The first-order valence-corrected chi connectivity index (χ1v) is 9.44. The predicted molar refractivity (Wildman–Crippen MR) is 96.3 cm³/mol. The molecule has 2 fully saturated rings. The van der Waals surface area contributed by atoms with Gasteiger partial charge in [-0.05, 0) is 63.7 Å². The molecule has 1 atom stereocenters. The number of likely N-dealkylation sites (tertiary alicyclic amines) is 2. The summed E-state index contributed by atoms with van der Waals surface area (Å²) in [5.74, 6) is 1.24. The Kier molecular flexibility index (Phi) is 6.13. The molecular formula is C20H30N2O2. The summed E-state index contributed by atoms with van der Waals surface area (Å²) in [5, 5.41) is 0. The van der Waals surface area contributed by atoms with Crippen molar-refractivity contribution < 1.29 is 9.53 Å². The van der Waals surface area contributed by atoms with E-state index in [-0.39, 0.29) is 0 Å². The highest BCUT2D eigenvalue weighted by atomic mass is 16.5. The van der Waals surface area contributed by atoms with E-state index in [1.165, 1.54) is 32.4 Å². The molecule has 1 aromatic rings. The fourth-order valence-corrected chi connectivity index (χ4v) is 3.88. The van der Waals surface area contributed by atoms with Crippen molar-refractivity contribution in [2.24, 2.45) is 0 Å². The summed E-state index contributed by atoms with van der Waals surface area (Å²) in [7, 11) is 0. The number of benzene rings is 1. The number of para-hydroxylation sites is 1. The van der Waals surface area contributed by atoms with Crippen LogP contribution in [0.3, 0.4) is 0 Å². The number of carbonyl (C=O) groups excluding carboxylic acids is 1. The van der Waals surface area contributed by atoms with E-state index in [0.717, 1.165) is 37.2 Å². The van der Waals surface area contributed by atoms with E-state index >= 15 is 0 Å². The molecule has 1 unspecified atom stereocenters. The lowest BCUT2D eigenvalue weighted by atomic mass is 10.2. The zero-order chi connectivity index (χ0) is 16.8. The minimum atomic E-state index is 0.310. The van der Waals surface area contributed by atoms with E-state index in [4.69, 9.17) is 4.74 Å². The molecule has 0 aromatic heterocycles. The third-order valence-electron chi connectivity index (χ3n) is 5.25. The Morgan fingerprint density at radius 3 is 2.75 bits per heavy atom. The molecule has 2 aliphatic rings. The Hall–Kier alpha value is -1.55. The van der Waals surface area contributed by atoms with Gasteiger partial charge < -0.3 is 14.5 Å². The van der Waals surface area contributed by atoms with Crippen molar-refractivity contribution in [2.45, 2.75) is 51.5 Å². The van der Waals surface area contributed by atoms with Crippen molar-refractivity contribution in [3.8, 4) is 5.75 Å². The number of amides is 1. The molecule has 4 heteroatoms. The van der Waals surface area contributed by atoms with E-state index in [9.17, 15) is 4.79 Å². The van der Waals surface area contributed by atoms with E-state index in [1.807, 2.05) is 31.2 Å². The molecule has 4 nitrogen and oxygen atoms in total. The Labute approximate surface area is 145 Å². The molecule has 1 aromatic carbocycles. The first-order chi connectivity index (χ1) is 11.7. The van der Waals surface area contributed by atoms with Gasteiger partial charge >= 0.3 is 0 Å². The van der Waals surface area contributed by atoms with Gasteiger partial charge in [0.05, 0.1) is 6.61 Å². The van der Waals surface area contributed by atoms with Crippen LogP contribution < -0.4 is 4.74 Å². The number of nitrogens with zero attached hydrogens (tertiary/aromatic N) is 2. The molecule has 0 radical (unpaired) electrons. The maximum Gasteiger partial charge on any atom is 0.222 e. The van der Waals surface area contributed by atoms with Crippen LogP contribution in [-0.4, -0.2) is 54.5 Å². The number of rotatable bonds is 7. The van der Waals surface area contributed by atoms with Gasteiger partial charge in [-0.25, -0.2) is 0 Å². The van der Waals surface area contributed by atoms with Crippen molar-refractivity contribution in [3.63, 3.8) is 0 Å². The van der Waals surface area contributed by atoms with Crippen LogP contribution in [0.1, 0.15) is 44.1 Å². The van der Waals surface area contributed by atoms with Crippen molar-refractivity contribution in [1.82, 2.24) is 9.80 Å². The summed E-state index contributed by atoms with van der Waals surface area (Å²) in [6.07, 6.45) is 6.35. The van der Waals surface area contributed by atoms with Crippen molar-refractivity contribution in [2.75, 3.05) is 32.8 Å². The van der Waals surface area contributed by atoms with Crippen LogP contribution in [0, 0.1) is 6.92 Å². The predicted octanol–water partition coefficient (Wildman–Crippen LogP) is 3.24. The summed E-state index contributed by atoms with van der Waals surface area (Å²) >= 11 is 0. The lowest BCUT2D eigenvalue weighted by Crippen LogP contribution is -2.42.